The first kappa shape index (κ1) is 34.0. The molecular formula is C37H47N7O6. The number of benzene rings is 2. The lowest BCUT2D eigenvalue weighted by Gasteiger charge is -2.45. The van der Waals surface area contributed by atoms with Crippen molar-refractivity contribution in [3.05, 3.63) is 71.7 Å². The van der Waals surface area contributed by atoms with Crippen LogP contribution in [0.25, 0.3) is 10.9 Å². The van der Waals surface area contributed by atoms with E-state index in [2.05, 4.69) is 15.1 Å². The Morgan fingerprint density at radius 3 is 2.40 bits per heavy atom. The molecule has 13 nitrogen and oxygen atoms in total. The zero-order valence-electron chi connectivity index (χ0n) is 29.0. The lowest BCUT2D eigenvalue weighted by Crippen LogP contribution is -2.56. The summed E-state index contributed by atoms with van der Waals surface area (Å²) < 4.78 is 12.4. The Balaban J connectivity index is 1.24. The average molecular weight is 686 g/mol. The number of carboxylic acid groups (broad SMARTS) is 1. The van der Waals surface area contributed by atoms with E-state index in [-0.39, 0.29) is 24.2 Å². The predicted octanol–water partition coefficient (Wildman–Crippen LogP) is 3.86. The second kappa shape index (κ2) is 13.7. The monoisotopic (exact) mass is 685 g/mol. The van der Waals surface area contributed by atoms with Crippen molar-refractivity contribution in [2.45, 2.75) is 68.7 Å². The van der Waals surface area contributed by atoms with Crippen LogP contribution in [0.1, 0.15) is 56.7 Å². The number of likely N-dealkylation sites (tertiary alicyclic amines) is 1. The maximum Gasteiger partial charge on any atom is 0.405 e. The van der Waals surface area contributed by atoms with Gasteiger partial charge in [-0.1, -0.05) is 30.3 Å². The summed E-state index contributed by atoms with van der Waals surface area (Å²) in [7, 11) is 3.30. The molecule has 0 radical (unpaired) electrons. The zero-order chi connectivity index (χ0) is 35.0. The Morgan fingerprint density at radius 2 is 1.76 bits per heavy atom. The molecule has 2 amide bonds. The number of aliphatic hydroxyl groups is 1. The summed E-state index contributed by atoms with van der Waals surface area (Å²) in [5.41, 5.74) is 1.34. The SMILES string of the molecule is COC1=CC(=O)N(C)CN1c1ccc2nc(N3CCC(N4CCC(C)(NC(=O)O)CC4)CC3)nc(C(CO)(OC3CC3)c3ccccc3)c2c1. The van der Waals surface area contributed by atoms with E-state index in [0.29, 0.717) is 30.2 Å². The number of amides is 2. The number of methoxy groups -OCH3 is 1. The molecule has 4 aliphatic rings. The number of rotatable bonds is 10. The largest absolute Gasteiger partial charge is 0.482 e. The Hall–Kier alpha value is -4.46. The van der Waals surface area contributed by atoms with Crippen molar-refractivity contribution in [3.63, 3.8) is 0 Å². The van der Waals surface area contributed by atoms with E-state index in [0.717, 1.165) is 86.9 Å². The number of nitrogens with zero attached hydrogens (tertiary/aromatic N) is 6. The molecule has 266 valence electrons. The van der Waals surface area contributed by atoms with Crippen molar-refractivity contribution < 1.29 is 29.3 Å². The number of ether oxygens (including phenoxy) is 2. The minimum Gasteiger partial charge on any atom is -0.482 e. The van der Waals surface area contributed by atoms with Gasteiger partial charge in [0.05, 0.1) is 37.1 Å². The van der Waals surface area contributed by atoms with E-state index in [1.807, 2.05) is 60.4 Å². The molecule has 2 aromatic carbocycles. The number of carbonyl (C=O) groups is 2. The Kier molecular flexibility index (Phi) is 9.31. The number of hydrogen-bond acceptors (Lipinski definition) is 10. The molecule has 13 heteroatoms. The van der Waals surface area contributed by atoms with Crippen LogP contribution in [0.2, 0.25) is 0 Å². The van der Waals surface area contributed by atoms with E-state index in [1.54, 1.807) is 19.1 Å². The average Bonchev–Trinajstić information content (AvgIpc) is 3.95. The van der Waals surface area contributed by atoms with Crippen LogP contribution in [0.5, 0.6) is 0 Å². The van der Waals surface area contributed by atoms with E-state index >= 15 is 0 Å². The molecule has 3 aromatic rings. The molecule has 0 spiro atoms. The number of aliphatic hydroxyl groups excluding tert-OH is 1. The van der Waals surface area contributed by atoms with Gasteiger partial charge in [0.2, 0.25) is 11.8 Å². The van der Waals surface area contributed by atoms with Gasteiger partial charge in [0.1, 0.15) is 6.67 Å². The fraction of sp³-hybridized carbons (Fsp3) is 0.514. The molecule has 0 bridgehead atoms. The lowest BCUT2D eigenvalue weighted by molar-refractivity contribution is -0.125. The molecule has 3 aliphatic heterocycles. The standard InChI is InChI=1S/C37H47N7O6/c1-36(40-35(47)48)15-19-42(20-16-36)26-13-17-43(18-14-26)34-38-30-12-9-27(44-24-41(2)31(46)22-32(44)49-3)21-29(30)33(39-34)37(23-45,50-28-10-11-28)25-7-5-4-6-8-25/h4-9,12,21-22,26,28,40,45H,10-11,13-20,23-24H2,1-3H3,(H,47,48). The van der Waals surface area contributed by atoms with Crippen molar-refractivity contribution in [2.24, 2.45) is 0 Å². The molecule has 3 fully saturated rings. The highest BCUT2D eigenvalue weighted by molar-refractivity contribution is 5.91. The van der Waals surface area contributed by atoms with Gasteiger partial charge >= 0.3 is 6.09 Å². The smallest absolute Gasteiger partial charge is 0.405 e. The quantitative estimate of drug-likeness (QED) is 0.286. The third kappa shape index (κ3) is 6.69. The van der Waals surface area contributed by atoms with Crippen molar-refractivity contribution in [1.29, 1.82) is 0 Å². The van der Waals surface area contributed by atoms with Gasteiger partial charge in [-0.25, -0.2) is 14.8 Å². The van der Waals surface area contributed by atoms with Crippen LogP contribution < -0.4 is 15.1 Å². The summed E-state index contributed by atoms with van der Waals surface area (Å²) in [6.45, 7) is 5.25. The molecule has 1 unspecified atom stereocenters. The van der Waals surface area contributed by atoms with Crippen LogP contribution in [-0.4, -0.2) is 113 Å². The van der Waals surface area contributed by atoms with Crippen molar-refractivity contribution in [2.75, 3.05) is 63.4 Å². The lowest BCUT2D eigenvalue weighted by atomic mass is 9.87. The summed E-state index contributed by atoms with van der Waals surface area (Å²) in [5.74, 6) is 0.910. The first-order chi connectivity index (χ1) is 24.1. The van der Waals surface area contributed by atoms with Gasteiger partial charge in [0.25, 0.3) is 5.91 Å². The van der Waals surface area contributed by atoms with Crippen LogP contribution in [0.3, 0.4) is 0 Å². The van der Waals surface area contributed by atoms with Gasteiger partial charge in [-0.3, -0.25) is 9.69 Å². The molecule has 50 heavy (non-hydrogen) atoms. The fourth-order valence-corrected chi connectivity index (χ4v) is 7.58. The third-order valence-electron chi connectivity index (χ3n) is 10.7. The highest BCUT2D eigenvalue weighted by Gasteiger charge is 2.44. The number of nitrogens with one attached hydrogen (secondary N) is 1. The second-order valence-corrected chi connectivity index (χ2v) is 14.3. The summed E-state index contributed by atoms with van der Waals surface area (Å²) in [5, 5.41) is 24.1. The normalized spacial score (nSPS) is 21.6. The number of aromatic nitrogens is 2. The number of carbonyl (C=O) groups excluding carboxylic acids is 1. The molecule has 1 atom stereocenters. The summed E-state index contributed by atoms with van der Waals surface area (Å²) in [6.07, 6.45) is 5.81. The van der Waals surface area contributed by atoms with E-state index in [9.17, 15) is 19.8 Å². The van der Waals surface area contributed by atoms with Crippen LogP contribution in [-0.2, 0) is 19.9 Å². The minimum atomic E-state index is -1.23. The summed E-state index contributed by atoms with van der Waals surface area (Å²) in [4.78, 5) is 42.4. The van der Waals surface area contributed by atoms with Crippen LogP contribution in [0, 0.1) is 0 Å². The first-order valence-corrected chi connectivity index (χ1v) is 17.6. The molecule has 1 aliphatic carbocycles. The summed E-state index contributed by atoms with van der Waals surface area (Å²) >= 11 is 0. The van der Waals surface area contributed by atoms with Gasteiger partial charge in [-0.2, -0.15) is 0 Å². The number of anilines is 2. The molecule has 3 N–H and O–H groups in total. The molecule has 4 heterocycles. The Labute approximate surface area is 292 Å². The van der Waals surface area contributed by atoms with Crippen LogP contribution in [0.15, 0.2) is 60.5 Å². The maximum atomic E-state index is 12.5. The Morgan fingerprint density at radius 1 is 1.04 bits per heavy atom. The van der Waals surface area contributed by atoms with Gasteiger partial charge in [0, 0.05) is 55.9 Å². The maximum absolute atomic E-state index is 12.5. The van der Waals surface area contributed by atoms with Gasteiger partial charge in [0.15, 0.2) is 5.60 Å². The first-order valence-electron chi connectivity index (χ1n) is 17.6. The van der Waals surface area contributed by atoms with E-state index in [1.165, 1.54) is 6.08 Å². The molecule has 2 saturated heterocycles. The number of hydrogen-bond donors (Lipinski definition) is 3. The zero-order valence-corrected chi connectivity index (χ0v) is 29.0. The predicted molar refractivity (Wildman–Crippen MR) is 189 cm³/mol. The number of fused-ring (bicyclic) bond motifs is 1. The topological polar surface area (TPSA) is 144 Å². The van der Waals surface area contributed by atoms with Crippen molar-refractivity contribution in [3.8, 4) is 0 Å². The van der Waals surface area contributed by atoms with Crippen LogP contribution >= 0.6 is 0 Å². The summed E-state index contributed by atoms with van der Waals surface area (Å²) in [6, 6.07) is 16.2. The van der Waals surface area contributed by atoms with Crippen molar-refractivity contribution in [1.82, 2.24) is 25.1 Å². The molecule has 1 saturated carbocycles. The van der Waals surface area contributed by atoms with Crippen LogP contribution in [0.4, 0.5) is 16.4 Å². The minimum absolute atomic E-state index is 0.0108. The number of likely N-dealkylation sites (N-methyl/N-ethyl adjacent to an activating group) is 1. The van der Waals surface area contributed by atoms with Gasteiger partial charge in [-0.15, -0.1) is 0 Å². The van der Waals surface area contributed by atoms with E-state index < -0.39 is 11.7 Å². The fourth-order valence-electron chi connectivity index (χ4n) is 7.58. The number of piperidine rings is 2. The molecular weight excluding hydrogens is 638 g/mol. The third-order valence-corrected chi connectivity index (χ3v) is 10.7. The van der Waals surface area contributed by atoms with Gasteiger partial charge in [-0.05, 0) is 69.2 Å². The highest BCUT2D eigenvalue weighted by atomic mass is 16.5. The molecule has 1 aromatic heterocycles. The highest BCUT2D eigenvalue weighted by Crippen LogP contribution is 2.43. The second-order valence-electron chi connectivity index (χ2n) is 14.3. The molecule has 7 rings (SSSR count). The Bertz CT molecular complexity index is 1750. The van der Waals surface area contributed by atoms with Crippen molar-refractivity contribution >= 4 is 34.5 Å². The van der Waals surface area contributed by atoms with E-state index in [4.69, 9.17) is 19.4 Å². The van der Waals surface area contributed by atoms with Gasteiger partial charge < -0.3 is 39.7 Å².